The molecule has 3 nitrogen and oxygen atoms in total. The highest BCUT2D eigenvalue weighted by Gasteiger charge is 2.28. The van der Waals surface area contributed by atoms with Gasteiger partial charge in [0.05, 0.1) is 6.10 Å². The molecule has 1 aromatic rings. The molecule has 0 bridgehead atoms. The van der Waals surface area contributed by atoms with E-state index in [9.17, 15) is 4.79 Å². The van der Waals surface area contributed by atoms with Crippen LogP contribution in [0.2, 0.25) is 0 Å². The predicted molar refractivity (Wildman–Crippen MR) is 77.0 cm³/mol. The van der Waals surface area contributed by atoms with Crippen LogP contribution in [-0.4, -0.2) is 36.6 Å². The van der Waals surface area contributed by atoms with Gasteiger partial charge in [0, 0.05) is 30.6 Å². The molecule has 2 heterocycles. The first-order valence-corrected chi connectivity index (χ1v) is 7.81. The number of hydrogen-bond acceptors (Lipinski definition) is 3. The van der Waals surface area contributed by atoms with Crippen molar-refractivity contribution in [2.45, 2.75) is 25.4 Å². The summed E-state index contributed by atoms with van der Waals surface area (Å²) in [6.45, 7) is 2.46. The SMILES string of the molecule is O=C(/C=C/c1cccs1)N1CCC(OCC2CC2)C1. The molecule has 1 amide bonds. The molecular formula is C15H19NO2S. The Bertz CT molecular complexity index is 451. The number of ether oxygens (including phenoxy) is 1. The molecule has 1 atom stereocenters. The number of rotatable bonds is 5. The van der Waals surface area contributed by atoms with Crippen LogP contribution >= 0.6 is 11.3 Å². The van der Waals surface area contributed by atoms with Gasteiger partial charge in [-0.1, -0.05) is 6.07 Å². The van der Waals surface area contributed by atoms with Crippen LogP contribution in [-0.2, 0) is 9.53 Å². The number of amides is 1. The van der Waals surface area contributed by atoms with Crippen LogP contribution in [0.1, 0.15) is 24.1 Å². The van der Waals surface area contributed by atoms with E-state index in [1.807, 2.05) is 28.5 Å². The second kappa shape index (κ2) is 5.88. The zero-order valence-corrected chi connectivity index (χ0v) is 11.8. The zero-order chi connectivity index (χ0) is 13.1. The molecule has 1 saturated heterocycles. The fourth-order valence-corrected chi connectivity index (χ4v) is 2.88. The highest BCUT2D eigenvalue weighted by Crippen LogP contribution is 2.30. The molecule has 19 heavy (non-hydrogen) atoms. The van der Waals surface area contributed by atoms with E-state index < -0.39 is 0 Å². The molecule has 0 N–H and O–H groups in total. The molecule has 0 aromatic carbocycles. The van der Waals surface area contributed by atoms with Crippen molar-refractivity contribution in [1.29, 1.82) is 0 Å². The Morgan fingerprint density at radius 3 is 3.11 bits per heavy atom. The van der Waals surface area contributed by atoms with Gasteiger partial charge in [-0.25, -0.2) is 0 Å². The third-order valence-electron chi connectivity index (χ3n) is 3.65. The lowest BCUT2D eigenvalue weighted by Crippen LogP contribution is -2.28. The first-order valence-electron chi connectivity index (χ1n) is 6.93. The zero-order valence-electron chi connectivity index (χ0n) is 11.0. The van der Waals surface area contributed by atoms with Crippen molar-refractivity contribution in [3.8, 4) is 0 Å². The minimum atomic E-state index is 0.103. The maximum atomic E-state index is 12.0. The summed E-state index contributed by atoms with van der Waals surface area (Å²) >= 11 is 1.64. The lowest BCUT2D eigenvalue weighted by atomic mass is 10.3. The summed E-state index contributed by atoms with van der Waals surface area (Å²) in [7, 11) is 0. The second-order valence-electron chi connectivity index (χ2n) is 5.32. The quantitative estimate of drug-likeness (QED) is 0.775. The monoisotopic (exact) mass is 277 g/mol. The Labute approximate surface area is 117 Å². The van der Waals surface area contributed by atoms with Crippen LogP contribution < -0.4 is 0 Å². The van der Waals surface area contributed by atoms with Crippen molar-refractivity contribution >= 4 is 23.3 Å². The molecule has 2 fully saturated rings. The Hall–Kier alpha value is -1.13. The van der Waals surface area contributed by atoms with Crippen molar-refractivity contribution in [3.63, 3.8) is 0 Å². The molecule has 1 aromatic heterocycles. The Balaban J connectivity index is 1.45. The summed E-state index contributed by atoms with van der Waals surface area (Å²) in [5, 5.41) is 2.02. The van der Waals surface area contributed by atoms with Crippen LogP contribution in [0.3, 0.4) is 0 Å². The number of carbonyl (C=O) groups excluding carboxylic acids is 1. The van der Waals surface area contributed by atoms with Gasteiger partial charge in [-0.2, -0.15) is 0 Å². The van der Waals surface area contributed by atoms with Gasteiger partial charge in [-0.15, -0.1) is 11.3 Å². The number of carbonyl (C=O) groups is 1. The summed E-state index contributed by atoms with van der Waals surface area (Å²) in [5.41, 5.74) is 0. The molecule has 1 unspecified atom stereocenters. The van der Waals surface area contributed by atoms with Gasteiger partial charge in [0.1, 0.15) is 0 Å². The third-order valence-corrected chi connectivity index (χ3v) is 4.49. The van der Waals surface area contributed by atoms with Crippen molar-refractivity contribution < 1.29 is 9.53 Å². The summed E-state index contributed by atoms with van der Waals surface area (Å²) in [6, 6.07) is 4.01. The van der Waals surface area contributed by atoms with Gasteiger partial charge in [-0.3, -0.25) is 4.79 Å². The number of nitrogens with zero attached hydrogens (tertiary/aromatic N) is 1. The molecule has 1 aliphatic carbocycles. The molecule has 1 aliphatic heterocycles. The van der Waals surface area contributed by atoms with E-state index in [0.717, 1.165) is 36.9 Å². The maximum absolute atomic E-state index is 12.0. The van der Waals surface area contributed by atoms with Crippen LogP contribution in [0.5, 0.6) is 0 Å². The van der Waals surface area contributed by atoms with Gasteiger partial charge in [-0.05, 0) is 42.7 Å². The fraction of sp³-hybridized carbons (Fsp3) is 0.533. The highest BCUT2D eigenvalue weighted by atomic mass is 32.1. The first kappa shape index (κ1) is 12.9. The van der Waals surface area contributed by atoms with Gasteiger partial charge < -0.3 is 9.64 Å². The number of likely N-dealkylation sites (tertiary alicyclic amines) is 1. The standard InChI is InChI=1S/C15H19NO2S/c17-15(6-5-14-2-1-9-19-14)16-8-7-13(10-16)18-11-12-3-4-12/h1-2,5-6,9,12-13H,3-4,7-8,10-11H2/b6-5+. The molecule has 0 spiro atoms. The van der Waals surface area contributed by atoms with E-state index in [1.54, 1.807) is 17.4 Å². The summed E-state index contributed by atoms with van der Waals surface area (Å²) in [6.07, 6.45) is 7.43. The Morgan fingerprint density at radius 1 is 1.47 bits per heavy atom. The molecule has 1 saturated carbocycles. The summed E-state index contributed by atoms with van der Waals surface area (Å²) in [4.78, 5) is 15.0. The van der Waals surface area contributed by atoms with Crippen LogP contribution in [0.4, 0.5) is 0 Å². The minimum absolute atomic E-state index is 0.103. The third kappa shape index (κ3) is 3.67. The normalized spacial score (nSPS) is 23.4. The minimum Gasteiger partial charge on any atom is -0.376 e. The molecule has 4 heteroatoms. The Morgan fingerprint density at radius 2 is 2.37 bits per heavy atom. The molecule has 0 radical (unpaired) electrons. The van der Waals surface area contributed by atoms with Gasteiger partial charge >= 0.3 is 0 Å². The highest BCUT2D eigenvalue weighted by molar-refractivity contribution is 7.10. The van der Waals surface area contributed by atoms with Gasteiger partial charge in [0.2, 0.25) is 5.91 Å². The molecule has 2 aliphatic rings. The van der Waals surface area contributed by atoms with E-state index in [1.165, 1.54) is 12.8 Å². The lowest BCUT2D eigenvalue weighted by Gasteiger charge is -2.14. The summed E-state index contributed by atoms with van der Waals surface area (Å²) < 4.78 is 5.84. The van der Waals surface area contributed by atoms with E-state index in [2.05, 4.69) is 0 Å². The second-order valence-corrected chi connectivity index (χ2v) is 6.30. The number of thiophene rings is 1. The van der Waals surface area contributed by atoms with E-state index in [-0.39, 0.29) is 12.0 Å². The van der Waals surface area contributed by atoms with Crippen molar-refractivity contribution in [1.82, 2.24) is 4.90 Å². The smallest absolute Gasteiger partial charge is 0.246 e. The largest absolute Gasteiger partial charge is 0.376 e. The van der Waals surface area contributed by atoms with Crippen LogP contribution in [0.25, 0.3) is 6.08 Å². The van der Waals surface area contributed by atoms with Crippen molar-refractivity contribution in [2.75, 3.05) is 19.7 Å². The predicted octanol–water partition coefficient (Wildman–Crippen LogP) is 2.79. The summed E-state index contributed by atoms with van der Waals surface area (Å²) in [5.74, 6) is 0.898. The van der Waals surface area contributed by atoms with Gasteiger partial charge in [0.15, 0.2) is 0 Å². The van der Waals surface area contributed by atoms with Crippen LogP contribution in [0, 0.1) is 5.92 Å². The van der Waals surface area contributed by atoms with E-state index in [0.29, 0.717) is 0 Å². The first-order chi connectivity index (χ1) is 9.31. The van der Waals surface area contributed by atoms with Crippen molar-refractivity contribution in [3.05, 3.63) is 28.5 Å². The van der Waals surface area contributed by atoms with Gasteiger partial charge in [0.25, 0.3) is 0 Å². The molecule has 3 rings (SSSR count). The maximum Gasteiger partial charge on any atom is 0.246 e. The molecular weight excluding hydrogens is 258 g/mol. The average molecular weight is 277 g/mol. The fourth-order valence-electron chi connectivity index (χ4n) is 2.27. The van der Waals surface area contributed by atoms with Crippen LogP contribution in [0.15, 0.2) is 23.6 Å². The van der Waals surface area contributed by atoms with Crippen molar-refractivity contribution in [2.24, 2.45) is 5.92 Å². The number of hydrogen-bond donors (Lipinski definition) is 0. The van der Waals surface area contributed by atoms with E-state index >= 15 is 0 Å². The lowest BCUT2D eigenvalue weighted by molar-refractivity contribution is -0.125. The van der Waals surface area contributed by atoms with E-state index in [4.69, 9.17) is 4.74 Å². The topological polar surface area (TPSA) is 29.5 Å². The average Bonchev–Trinajstić information content (AvgIpc) is 2.94. The Kier molecular flexibility index (Phi) is 3.99. The molecule has 102 valence electrons.